The highest BCUT2D eigenvalue weighted by molar-refractivity contribution is 5.85. The molecule has 1 amide bonds. The number of benzene rings is 2. The highest BCUT2D eigenvalue weighted by Crippen LogP contribution is 2.24. The van der Waals surface area contributed by atoms with Gasteiger partial charge in [-0.3, -0.25) is 9.69 Å². The van der Waals surface area contributed by atoms with Crippen molar-refractivity contribution >= 4 is 5.91 Å². The third kappa shape index (κ3) is 4.42. The van der Waals surface area contributed by atoms with Crippen molar-refractivity contribution in [1.29, 1.82) is 0 Å². The largest absolute Gasteiger partial charge is 0.457 e. The minimum Gasteiger partial charge on any atom is -0.457 e. The maximum atomic E-state index is 12.3. The molecule has 5 heteroatoms. The molecule has 1 aliphatic heterocycles. The van der Waals surface area contributed by atoms with Gasteiger partial charge >= 0.3 is 0 Å². The molecule has 1 saturated heterocycles. The Morgan fingerprint density at radius 3 is 2.46 bits per heavy atom. The van der Waals surface area contributed by atoms with E-state index < -0.39 is 5.60 Å². The van der Waals surface area contributed by atoms with Gasteiger partial charge in [0.25, 0.3) is 5.91 Å². The second kappa shape index (κ2) is 7.89. The SMILES string of the molecule is CN(Cc1ccc(Oc2ccccc2)cc1)CC1(O)CCCN(C)C1=O. The van der Waals surface area contributed by atoms with Crippen LogP contribution >= 0.6 is 0 Å². The van der Waals surface area contributed by atoms with Gasteiger partial charge in [-0.2, -0.15) is 0 Å². The number of piperidine rings is 1. The fourth-order valence-electron chi connectivity index (χ4n) is 3.42. The number of ether oxygens (including phenoxy) is 1. The number of likely N-dealkylation sites (tertiary alicyclic amines) is 1. The molecule has 1 aliphatic rings. The zero-order chi connectivity index (χ0) is 18.6. The van der Waals surface area contributed by atoms with Gasteiger partial charge < -0.3 is 14.7 Å². The Balaban J connectivity index is 1.57. The van der Waals surface area contributed by atoms with E-state index in [2.05, 4.69) is 0 Å². The van der Waals surface area contributed by atoms with Crippen molar-refractivity contribution in [3.8, 4) is 11.5 Å². The highest BCUT2D eigenvalue weighted by Gasteiger charge is 2.41. The number of rotatable bonds is 6. The summed E-state index contributed by atoms with van der Waals surface area (Å²) in [7, 11) is 3.67. The van der Waals surface area contributed by atoms with Crippen LogP contribution in [0, 0.1) is 0 Å². The van der Waals surface area contributed by atoms with Gasteiger partial charge in [0.2, 0.25) is 0 Å². The molecule has 0 aromatic heterocycles. The van der Waals surface area contributed by atoms with Crippen LogP contribution in [0.3, 0.4) is 0 Å². The Morgan fingerprint density at radius 1 is 1.12 bits per heavy atom. The van der Waals surface area contributed by atoms with E-state index in [0.717, 1.165) is 23.5 Å². The molecule has 26 heavy (non-hydrogen) atoms. The molecule has 2 aromatic carbocycles. The number of aliphatic hydroxyl groups is 1. The van der Waals surface area contributed by atoms with Gasteiger partial charge in [0.15, 0.2) is 5.60 Å². The molecule has 138 valence electrons. The Bertz CT molecular complexity index is 733. The highest BCUT2D eigenvalue weighted by atomic mass is 16.5. The van der Waals surface area contributed by atoms with Crippen LogP contribution in [0.25, 0.3) is 0 Å². The van der Waals surface area contributed by atoms with Crippen LogP contribution in [0.5, 0.6) is 11.5 Å². The number of para-hydroxylation sites is 1. The van der Waals surface area contributed by atoms with Gasteiger partial charge in [-0.25, -0.2) is 0 Å². The molecule has 3 rings (SSSR count). The maximum absolute atomic E-state index is 12.3. The molecule has 0 radical (unpaired) electrons. The molecule has 2 aromatic rings. The number of hydrogen-bond acceptors (Lipinski definition) is 4. The van der Waals surface area contributed by atoms with Crippen molar-refractivity contribution in [2.75, 3.05) is 27.2 Å². The van der Waals surface area contributed by atoms with Crippen molar-refractivity contribution in [3.63, 3.8) is 0 Å². The zero-order valence-corrected chi connectivity index (χ0v) is 15.4. The first-order valence-electron chi connectivity index (χ1n) is 8.95. The van der Waals surface area contributed by atoms with Crippen molar-refractivity contribution in [2.45, 2.75) is 25.0 Å². The van der Waals surface area contributed by atoms with E-state index >= 15 is 0 Å². The molecule has 0 bridgehead atoms. The molecule has 1 heterocycles. The molecule has 1 unspecified atom stereocenters. The minimum absolute atomic E-state index is 0.179. The molecule has 1 fully saturated rings. The molecule has 0 aliphatic carbocycles. The van der Waals surface area contributed by atoms with E-state index in [1.165, 1.54) is 0 Å². The van der Waals surface area contributed by atoms with Crippen LogP contribution in [0.4, 0.5) is 0 Å². The monoisotopic (exact) mass is 354 g/mol. The average Bonchev–Trinajstić information content (AvgIpc) is 2.62. The van der Waals surface area contributed by atoms with Crippen LogP contribution in [0.2, 0.25) is 0 Å². The summed E-state index contributed by atoms with van der Waals surface area (Å²) < 4.78 is 5.80. The van der Waals surface area contributed by atoms with Gasteiger partial charge in [0, 0.05) is 26.7 Å². The second-order valence-electron chi connectivity index (χ2n) is 7.09. The first-order valence-corrected chi connectivity index (χ1v) is 8.95. The summed E-state index contributed by atoms with van der Waals surface area (Å²) in [6, 6.07) is 17.5. The Labute approximate surface area is 154 Å². The average molecular weight is 354 g/mol. The second-order valence-corrected chi connectivity index (χ2v) is 7.09. The third-order valence-electron chi connectivity index (χ3n) is 4.71. The molecular formula is C21H26N2O3. The lowest BCUT2D eigenvalue weighted by Gasteiger charge is -2.38. The smallest absolute Gasteiger partial charge is 0.255 e. The van der Waals surface area contributed by atoms with E-state index in [9.17, 15) is 9.90 Å². The number of hydrogen-bond donors (Lipinski definition) is 1. The summed E-state index contributed by atoms with van der Waals surface area (Å²) in [5.74, 6) is 1.41. The van der Waals surface area contributed by atoms with E-state index in [0.29, 0.717) is 26.1 Å². The number of likely N-dealkylation sites (N-methyl/N-ethyl adjacent to an activating group) is 2. The Kier molecular flexibility index (Phi) is 5.59. The van der Waals surface area contributed by atoms with Gasteiger partial charge in [-0.15, -0.1) is 0 Å². The fourth-order valence-corrected chi connectivity index (χ4v) is 3.42. The van der Waals surface area contributed by atoms with Crippen molar-refractivity contribution < 1.29 is 14.6 Å². The predicted molar refractivity (Wildman–Crippen MR) is 101 cm³/mol. The number of carbonyl (C=O) groups excluding carboxylic acids is 1. The lowest BCUT2D eigenvalue weighted by Crippen LogP contribution is -2.56. The minimum atomic E-state index is -1.28. The number of amides is 1. The lowest BCUT2D eigenvalue weighted by atomic mass is 9.91. The summed E-state index contributed by atoms with van der Waals surface area (Å²) in [5, 5.41) is 10.7. The zero-order valence-electron chi connectivity index (χ0n) is 15.4. The van der Waals surface area contributed by atoms with Crippen LogP contribution in [0.1, 0.15) is 18.4 Å². The van der Waals surface area contributed by atoms with Gasteiger partial charge in [0.05, 0.1) is 0 Å². The molecule has 0 saturated carbocycles. The van der Waals surface area contributed by atoms with Crippen molar-refractivity contribution in [3.05, 3.63) is 60.2 Å². The van der Waals surface area contributed by atoms with Crippen LogP contribution in [0.15, 0.2) is 54.6 Å². The maximum Gasteiger partial charge on any atom is 0.255 e. The molecule has 0 spiro atoms. The van der Waals surface area contributed by atoms with E-state index in [4.69, 9.17) is 4.74 Å². The molecular weight excluding hydrogens is 328 g/mol. The van der Waals surface area contributed by atoms with Crippen molar-refractivity contribution in [2.24, 2.45) is 0 Å². The first-order chi connectivity index (χ1) is 12.5. The van der Waals surface area contributed by atoms with Crippen LogP contribution in [-0.2, 0) is 11.3 Å². The van der Waals surface area contributed by atoms with E-state index in [1.54, 1.807) is 11.9 Å². The summed E-state index contributed by atoms with van der Waals surface area (Å²) in [5.41, 5.74) is -0.175. The normalized spacial score (nSPS) is 20.5. The van der Waals surface area contributed by atoms with E-state index in [-0.39, 0.29) is 5.91 Å². The van der Waals surface area contributed by atoms with Crippen molar-refractivity contribution in [1.82, 2.24) is 9.80 Å². The summed E-state index contributed by atoms with van der Waals surface area (Å²) in [4.78, 5) is 15.9. The van der Waals surface area contributed by atoms with Gasteiger partial charge in [0.1, 0.15) is 11.5 Å². The Hall–Kier alpha value is -2.37. The Morgan fingerprint density at radius 2 is 1.77 bits per heavy atom. The number of nitrogens with zero attached hydrogens (tertiary/aromatic N) is 2. The summed E-state index contributed by atoms with van der Waals surface area (Å²) in [6.07, 6.45) is 1.35. The molecule has 1 N–H and O–H groups in total. The lowest BCUT2D eigenvalue weighted by molar-refractivity contribution is -0.157. The topological polar surface area (TPSA) is 53.0 Å². The van der Waals surface area contributed by atoms with E-state index in [1.807, 2.05) is 66.5 Å². The standard InChI is InChI=1S/C21H26N2O3/c1-22(16-21(25)13-6-14-23(2)20(21)24)15-17-9-11-19(12-10-17)26-18-7-4-3-5-8-18/h3-5,7-12,25H,6,13-16H2,1-2H3. The predicted octanol–water partition coefficient (Wildman–Crippen LogP) is 2.89. The van der Waals surface area contributed by atoms with Crippen LogP contribution < -0.4 is 4.74 Å². The first kappa shape index (κ1) is 18.4. The summed E-state index contributed by atoms with van der Waals surface area (Å²) >= 11 is 0. The van der Waals surface area contributed by atoms with Gasteiger partial charge in [-0.05, 0) is 49.7 Å². The fraction of sp³-hybridized carbons (Fsp3) is 0.381. The van der Waals surface area contributed by atoms with Gasteiger partial charge in [-0.1, -0.05) is 30.3 Å². The molecule has 1 atom stereocenters. The molecule has 5 nitrogen and oxygen atoms in total. The summed E-state index contributed by atoms with van der Waals surface area (Å²) in [6.45, 7) is 1.71. The quantitative estimate of drug-likeness (QED) is 0.867. The number of carbonyl (C=O) groups is 1. The third-order valence-corrected chi connectivity index (χ3v) is 4.71. The van der Waals surface area contributed by atoms with Crippen LogP contribution in [-0.4, -0.2) is 53.6 Å².